The average Bonchev–Trinajstić information content (AvgIpc) is 3.24. The van der Waals surface area contributed by atoms with Crippen molar-refractivity contribution in [3.63, 3.8) is 0 Å². The van der Waals surface area contributed by atoms with E-state index >= 15 is 0 Å². The molecule has 1 aliphatic heterocycles. The lowest BCUT2D eigenvalue weighted by atomic mass is 9.94. The molecule has 23 heavy (non-hydrogen) atoms. The molecule has 1 aliphatic carbocycles. The first-order chi connectivity index (χ1) is 11.2. The van der Waals surface area contributed by atoms with E-state index in [-0.39, 0.29) is 17.0 Å². The standard InChI is InChI=1S/C18H27N3O2/c22-16-8-1-4-12-20(16)13-7-11-19-17(23)18(9-2-3-10-18)21-14-5-6-15-21/h1,4,8,12H,2-3,5-7,9-11,13-15H2,(H,19,23). The molecule has 5 nitrogen and oxygen atoms in total. The van der Waals surface area contributed by atoms with Gasteiger partial charge in [-0.2, -0.15) is 0 Å². The van der Waals surface area contributed by atoms with Gasteiger partial charge in [-0.15, -0.1) is 0 Å². The molecule has 0 bridgehead atoms. The Balaban J connectivity index is 1.52. The van der Waals surface area contributed by atoms with Gasteiger partial charge >= 0.3 is 0 Å². The Bertz CT molecular complexity index is 584. The molecule has 1 aromatic rings. The predicted molar refractivity (Wildman–Crippen MR) is 90.3 cm³/mol. The minimum Gasteiger partial charge on any atom is -0.354 e. The molecular weight excluding hydrogens is 290 g/mol. The lowest BCUT2D eigenvalue weighted by Crippen LogP contribution is -2.56. The second kappa shape index (κ2) is 7.30. The maximum absolute atomic E-state index is 12.8. The summed E-state index contributed by atoms with van der Waals surface area (Å²) in [6, 6.07) is 5.18. The van der Waals surface area contributed by atoms with Crippen LogP contribution < -0.4 is 10.9 Å². The number of pyridine rings is 1. The molecule has 3 rings (SSSR count). The van der Waals surface area contributed by atoms with Crippen molar-refractivity contribution in [3.05, 3.63) is 34.7 Å². The van der Waals surface area contributed by atoms with E-state index in [4.69, 9.17) is 0 Å². The van der Waals surface area contributed by atoms with E-state index in [1.165, 1.54) is 12.8 Å². The second-order valence-electron chi connectivity index (χ2n) is 6.77. The molecular formula is C18H27N3O2. The Kier molecular flexibility index (Phi) is 5.16. The first kappa shape index (κ1) is 16.2. The zero-order chi connectivity index (χ0) is 16.1. The number of carbonyl (C=O) groups is 1. The SMILES string of the molecule is O=C(NCCCn1ccccc1=O)C1(N2CCCC2)CCCC1. The number of rotatable bonds is 6. The van der Waals surface area contributed by atoms with Crippen molar-refractivity contribution in [2.75, 3.05) is 19.6 Å². The molecule has 0 spiro atoms. The van der Waals surface area contributed by atoms with Crippen molar-refractivity contribution in [1.29, 1.82) is 0 Å². The average molecular weight is 317 g/mol. The highest BCUT2D eigenvalue weighted by molar-refractivity contribution is 5.86. The van der Waals surface area contributed by atoms with Crippen LogP contribution in [0, 0.1) is 0 Å². The number of aromatic nitrogens is 1. The maximum Gasteiger partial charge on any atom is 0.250 e. The van der Waals surface area contributed by atoms with E-state index in [9.17, 15) is 9.59 Å². The van der Waals surface area contributed by atoms with Crippen LogP contribution in [0.2, 0.25) is 0 Å². The van der Waals surface area contributed by atoms with E-state index in [1.54, 1.807) is 22.9 Å². The largest absolute Gasteiger partial charge is 0.354 e. The zero-order valence-electron chi connectivity index (χ0n) is 13.8. The van der Waals surface area contributed by atoms with Crippen molar-refractivity contribution in [1.82, 2.24) is 14.8 Å². The van der Waals surface area contributed by atoms with Crippen LogP contribution in [0.1, 0.15) is 44.9 Å². The zero-order valence-corrected chi connectivity index (χ0v) is 13.8. The van der Waals surface area contributed by atoms with E-state index in [1.807, 2.05) is 6.07 Å². The Morgan fingerprint density at radius 1 is 1.13 bits per heavy atom. The normalized spacial score (nSPS) is 20.7. The summed E-state index contributed by atoms with van der Waals surface area (Å²) in [5, 5.41) is 3.14. The van der Waals surface area contributed by atoms with Gasteiger partial charge in [-0.1, -0.05) is 18.9 Å². The summed E-state index contributed by atoms with van der Waals surface area (Å²) in [4.78, 5) is 26.9. The van der Waals surface area contributed by atoms with E-state index in [0.717, 1.165) is 45.2 Å². The van der Waals surface area contributed by atoms with Gasteiger partial charge in [-0.3, -0.25) is 14.5 Å². The molecule has 2 heterocycles. The predicted octanol–water partition coefficient (Wildman–Crippen LogP) is 1.76. The minimum absolute atomic E-state index is 0.0168. The molecule has 2 aliphatic rings. The van der Waals surface area contributed by atoms with Crippen molar-refractivity contribution in [3.8, 4) is 0 Å². The summed E-state index contributed by atoms with van der Waals surface area (Å²) in [6.07, 6.45) is 9.32. The number of hydrogen-bond donors (Lipinski definition) is 1. The number of carbonyl (C=O) groups excluding carboxylic acids is 1. The quantitative estimate of drug-likeness (QED) is 0.814. The Morgan fingerprint density at radius 3 is 2.57 bits per heavy atom. The van der Waals surface area contributed by atoms with Gasteiger partial charge in [0.05, 0.1) is 0 Å². The Morgan fingerprint density at radius 2 is 1.87 bits per heavy atom. The fourth-order valence-corrected chi connectivity index (χ4v) is 4.05. The first-order valence-corrected chi connectivity index (χ1v) is 8.91. The van der Waals surface area contributed by atoms with Crippen LogP contribution in [0.15, 0.2) is 29.2 Å². The summed E-state index contributed by atoms with van der Waals surface area (Å²) in [5.74, 6) is 0.206. The van der Waals surface area contributed by atoms with Crippen LogP contribution >= 0.6 is 0 Å². The fraction of sp³-hybridized carbons (Fsp3) is 0.667. The number of likely N-dealkylation sites (tertiary alicyclic amines) is 1. The smallest absolute Gasteiger partial charge is 0.250 e. The summed E-state index contributed by atoms with van der Waals surface area (Å²) >= 11 is 0. The maximum atomic E-state index is 12.8. The number of amides is 1. The van der Waals surface area contributed by atoms with E-state index in [0.29, 0.717) is 13.1 Å². The highest BCUT2D eigenvalue weighted by atomic mass is 16.2. The second-order valence-corrected chi connectivity index (χ2v) is 6.77. The molecule has 0 unspecified atom stereocenters. The number of hydrogen-bond acceptors (Lipinski definition) is 3. The van der Waals surface area contributed by atoms with Crippen molar-refractivity contribution in [2.24, 2.45) is 0 Å². The van der Waals surface area contributed by atoms with Gasteiger partial charge in [0, 0.05) is 25.4 Å². The van der Waals surface area contributed by atoms with Crippen LogP contribution in [-0.4, -0.2) is 40.5 Å². The molecule has 126 valence electrons. The van der Waals surface area contributed by atoms with Crippen LogP contribution in [0.25, 0.3) is 0 Å². The molecule has 1 N–H and O–H groups in total. The molecule has 1 amide bonds. The highest BCUT2D eigenvalue weighted by Crippen LogP contribution is 2.37. The monoisotopic (exact) mass is 317 g/mol. The van der Waals surface area contributed by atoms with Crippen LogP contribution in [-0.2, 0) is 11.3 Å². The lowest BCUT2D eigenvalue weighted by molar-refractivity contribution is -0.132. The first-order valence-electron chi connectivity index (χ1n) is 8.91. The summed E-state index contributed by atoms with van der Waals surface area (Å²) in [5.41, 5.74) is -0.233. The molecule has 5 heteroatoms. The van der Waals surface area contributed by atoms with Crippen molar-refractivity contribution < 1.29 is 4.79 Å². The minimum atomic E-state index is -0.250. The topological polar surface area (TPSA) is 54.3 Å². The molecule has 0 atom stereocenters. The van der Waals surface area contributed by atoms with Crippen molar-refractivity contribution >= 4 is 5.91 Å². The molecule has 1 saturated carbocycles. The third-order valence-electron chi connectivity index (χ3n) is 5.33. The van der Waals surface area contributed by atoms with Crippen LogP contribution in [0.3, 0.4) is 0 Å². The number of aryl methyl sites for hydroxylation is 1. The van der Waals surface area contributed by atoms with Gasteiger partial charge in [0.2, 0.25) is 11.5 Å². The van der Waals surface area contributed by atoms with Gasteiger partial charge in [-0.05, 0) is 51.3 Å². The Hall–Kier alpha value is -1.62. The van der Waals surface area contributed by atoms with Crippen molar-refractivity contribution in [2.45, 2.75) is 57.0 Å². The lowest BCUT2D eigenvalue weighted by Gasteiger charge is -2.37. The molecule has 0 radical (unpaired) electrons. The summed E-state index contributed by atoms with van der Waals surface area (Å²) in [7, 11) is 0. The van der Waals surface area contributed by atoms with Gasteiger partial charge in [0.25, 0.3) is 0 Å². The van der Waals surface area contributed by atoms with E-state index < -0.39 is 0 Å². The third kappa shape index (κ3) is 3.50. The molecule has 2 fully saturated rings. The number of nitrogens with one attached hydrogen (secondary N) is 1. The van der Waals surface area contributed by atoms with Crippen LogP contribution in [0.4, 0.5) is 0 Å². The third-order valence-corrected chi connectivity index (χ3v) is 5.33. The summed E-state index contributed by atoms with van der Waals surface area (Å²) < 4.78 is 1.69. The van der Waals surface area contributed by atoms with E-state index in [2.05, 4.69) is 10.2 Å². The highest BCUT2D eigenvalue weighted by Gasteiger charge is 2.46. The molecule has 0 aromatic carbocycles. The van der Waals surface area contributed by atoms with Gasteiger partial charge in [-0.25, -0.2) is 0 Å². The number of nitrogens with zero attached hydrogens (tertiary/aromatic N) is 2. The van der Waals surface area contributed by atoms with Gasteiger partial charge in [0.1, 0.15) is 5.54 Å². The van der Waals surface area contributed by atoms with Gasteiger partial charge < -0.3 is 9.88 Å². The summed E-state index contributed by atoms with van der Waals surface area (Å²) in [6.45, 7) is 3.41. The molecule has 1 aromatic heterocycles. The van der Waals surface area contributed by atoms with Crippen LogP contribution in [0.5, 0.6) is 0 Å². The Labute approximate surface area is 137 Å². The van der Waals surface area contributed by atoms with Gasteiger partial charge in [0.15, 0.2) is 0 Å². The fourth-order valence-electron chi connectivity index (χ4n) is 4.05. The molecule has 1 saturated heterocycles.